The molecule has 1 fully saturated rings. The van der Waals surface area contributed by atoms with Gasteiger partial charge >= 0.3 is 0 Å². The van der Waals surface area contributed by atoms with Crippen LogP contribution in [0.1, 0.15) is 32.1 Å². The topological polar surface area (TPSA) is 46.9 Å². The number of rotatable bonds is 6. The van der Waals surface area contributed by atoms with Crippen molar-refractivity contribution in [3.05, 3.63) is 29.1 Å². The van der Waals surface area contributed by atoms with Crippen LogP contribution in [0.15, 0.2) is 29.1 Å². The van der Waals surface area contributed by atoms with E-state index in [-0.39, 0.29) is 5.91 Å². The average Bonchev–Trinajstić information content (AvgIpc) is 3.21. The third-order valence-electron chi connectivity index (χ3n) is 4.07. The molecule has 0 saturated heterocycles. The molecule has 0 unspecified atom stereocenters. The van der Waals surface area contributed by atoms with E-state index >= 15 is 0 Å². The number of hydrogen-bond donors (Lipinski definition) is 1. The van der Waals surface area contributed by atoms with Crippen LogP contribution in [0.4, 0.5) is 0 Å². The smallest absolute Gasteiger partial charge is 0.220 e. The van der Waals surface area contributed by atoms with Crippen LogP contribution in [0.5, 0.6) is 0 Å². The van der Waals surface area contributed by atoms with Crippen molar-refractivity contribution >= 4 is 17.2 Å². The largest absolute Gasteiger partial charge is 0.354 e. The summed E-state index contributed by atoms with van der Waals surface area (Å²) in [6, 6.07) is 4.09. The highest BCUT2D eigenvalue weighted by atomic mass is 32.1. The summed E-state index contributed by atoms with van der Waals surface area (Å²) in [5.41, 5.74) is 2.15. The van der Waals surface area contributed by atoms with Crippen LogP contribution in [-0.2, 0) is 11.3 Å². The van der Waals surface area contributed by atoms with Crippen molar-refractivity contribution < 1.29 is 4.79 Å². The zero-order valence-corrected chi connectivity index (χ0v) is 12.9. The lowest BCUT2D eigenvalue weighted by molar-refractivity contribution is -0.122. The average molecular weight is 303 g/mol. The zero-order chi connectivity index (χ0) is 14.5. The van der Waals surface area contributed by atoms with Gasteiger partial charge in [0.1, 0.15) is 0 Å². The van der Waals surface area contributed by atoms with Crippen molar-refractivity contribution in [3.8, 4) is 11.3 Å². The molecule has 0 aliphatic heterocycles. The molecule has 2 heterocycles. The van der Waals surface area contributed by atoms with E-state index in [2.05, 4.69) is 27.2 Å². The van der Waals surface area contributed by atoms with Gasteiger partial charge < -0.3 is 5.32 Å². The number of thiophene rings is 1. The number of hydrogen-bond acceptors (Lipinski definition) is 3. The highest BCUT2D eigenvalue weighted by Gasteiger charge is 2.17. The Bertz CT molecular complexity index is 570. The maximum Gasteiger partial charge on any atom is 0.220 e. The number of nitrogens with zero attached hydrogens (tertiary/aromatic N) is 2. The summed E-state index contributed by atoms with van der Waals surface area (Å²) >= 11 is 1.67. The SMILES string of the molecule is O=C(CC1CCCC1)NCCn1ccc(-c2ccsc2)n1. The Balaban J connectivity index is 1.42. The molecular formula is C16H21N3OS. The van der Waals surface area contributed by atoms with E-state index in [1.54, 1.807) is 11.3 Å². The van der Waals surface area contributed by atoms with Crippen molar-refractivity contribution in [1.29, 1.82) is 0 Å². The van der Waals surface area contributed by atoms with Gasteiger partial charge in [-0.2, -0.15) is 16.4 Å². The van der Waals surface area contributed by atoms with Crippen LogP contribution in [0.2, 0.25) is 0 Å². The Morgan fingerprint density at radius 1 is 1.38 bits per heavy atom. The second-order valence-electron chi connectivity index (χ2n) is 5.68. The molecule has 4 nitrogen and oxygen atoms in total. The molecule has 0 aromatic carbocycles. The van der Waals surface area contributed by atoms with Crippen LogP contribution in [0, 0.1) is 5.92 Å². The first-order chi connectivity index (χ1) is 10.3. The minimum Gasteiger partial charge on any atom is -0.354 e. The second kappa shape index (κ2) is 6.89. The number of nitrogens with one attached hydrogen (secondary N) is 1. The van der Waals surface area contributed by atoms with E-state index in [1.807, 2.05) is 16.9 Å². The fraction of sp³-hybridized carbons (Fsp3) is 0.500. The molecule has 2 aromatic rings. The van der Waals surface area contributed by atoms with Crippen molar-refractivity contribution in [2.24, 2.45) is 5.92 Å². The number of carbonyl (C=O) groups is 1. The Morgan fingerprint density at radius 3 is 3.00 bits per heavy atom. The molecular weight excluding hydrogens is 282 g/mol. The van der Waals surface area contributed by atoms with Crippen LogP contribution in [-0.4, -0.2) is 22.2 Å². The molecule has 0 atom stereocenters. The molecule has 21 heavy (non-hydrogen) atoms. The molecule has 1 aliphatic rings. The summed E-state index contributed by atoms with van der Waals surface area (Å²) in [5, 5.41) is 11.7. The van der Waals surface area contributed by atoms with Crippen molar-refractivity contribution in [2.75, 3.05) is 6.54 Å². The predicted molar refractivity (Wildman–Crippen MR) is 85.1 cm³/mol. The van der Waals surface area contributed by atoms with Gasteiger partial charge in [0.05, 0.1) is 12.2 Å². The van der Waals surface area contributed by atoms with Gasteiger partial charge in [0.25, 0.3) is 0 Å². The standard InChI is InChI=1S/C16H21N3OS/c20-16(11-13-3-1-2-4-13)17-7-9-19-8-5-15(18-19)14-6-10-21-12-14/h5-6,8,10,12-13H,1-4,7,9,11H2,(H,17,20). The lowest BCUT2D eigenvalue weighted by Crippen LogP contribution is -2.28. The van der Waals surface area contributed by atoms with Gasteiger partial charge in [0.15, 0.2) is 0 Å². The Labute approximate surface area is 129 Å². The van der Waals surface area contributed by atoms with Gasteiger partial charge in [-0.15, -0.1) is 0 Å². The summed E-state index contributed by atoms with van der Waals surface area (Å²) < 4.78 is 1.89. The third-order valence-corrected chi connectivity index (χ3v) is 4.75. The maximum atomic E-state index is 11.8. The minimum atomic E-state index is 0.187. The molecule has 0 spiro atoms. The number of carbonyl (C=O) groups excluding carboxylic acids is 1. The fourth-order valence-electron chi connectivity index (χ4n) is 2.91. The molecule has 1 amide bonds. The van der Waals surface area contributed by atoms with Crippen molar-refractivity contribution in [2.45, 2.75) is 38.6 Å². The molecule has 1 N–H and O–H groups in total. The van der Waals surface area contributed by atoms with E-state index < -0.39 is 0 Å². The second-order valence-corrected chi connectivity index (χ2v) is 6.46. The summed E-state index contributed by atoms with van der Waals surface area (Å²) in [4.78, 5) is 11.8. The van der Waals surface area contributed by atoms with Crippen LogP contribution in [0.3, 0.4) is 0 Å². The summed E-state index contributed by atoms with van der Waals surface area (Å²) in [6.45, 7) is 1.37. The molecule has 5 heteroatoms. The van der Waals surface area contributed by atoms with E-state index in [0.717, 1.165) is 17.8 Å². The predicted octanol–water partition coefficient (Wildman–Crippen LogP) is 3.31. The normalized spacial score (nSPS) is 15.4. The minimum absolute atomic E-state index is 0.187. The van der Waals surface area contributed by atoms with Gasteiger partial charge in [0.2, 0.25) is 5.91 Å². The first kappa shape index (κ1) is 14.3. The van der Waals surface area contributed by atoms with E-state index in [9.17, 15) is 4.79 Å². The molecule has 0 radical (unpaired) electrons. The summed E-state index contributed by atoms with van der Waals surface area (Å²) in [7, 11) is 0. The first-order valence-corrected chi connectivity index (χ1v) is 8.58. The number of aromatic nitrogens is 2. The Morgan fingerprint density at radius 2 is 2.24 bits per heavy atom. The molecule has 0 bridgehead atoms. The Kier molecular flexibility index (Phi) is 4.70. The quantitative estimate of drug-likeness (QED) is 0.890. The maximum absolute atomic E-state index is 11.8. The first-order valence-electron chi connectivity index (χ1n) is 7.64. The van der Waals surface area contributed by atoms with E-state index in [1.165, 1.54) is 25.7 Å². The van der Waals surface area contributed by atoms with Gasteiger partial charge in [-0.3, -0.25) is 9.48 Å². The fourth-order valence-corrected chi connectivity index (χ4v) is 3.56. The van der Waals surface area contributed by atoms with Crippen LogP contribution < -0.4 is 5.32 Å². The van der Waals surface area contributed by atoms with E-state index in [4.69, 9.17) is 0 Å². The molecule has 2 aromatic heterocycles. The molecule has 1 aliphatic carbocycles. The van der Waals surface area contributed by atoms with E-state index in [0.29, 0.717) is 18.9 Å². The lowest BCUT2D eigenvalue weighted by atomic mass is 10.0. The molecule has 3 rings (SSSR count). The highest BCUT2D eigenvalue weighted by Crippen LogP contribution is 2.27. The third kappa shape index (κ3) is 3.94. The van der Waals surface area contributed by atoms with Crippen molar-refractivity contribution in [3.63, 3.8) is 0 Å². The highest BCUT2D eigenvalue weighted by molar-refractivity contribution is 7.08. The van der Waals surface area contributed by atoms with Crippen LogP contribution >= 0.6 is 11.3 Å². The molecule has 1 saturated carbocycles. The molecule has 112 valence electrons. The van der Waals surface area contributed by atoms with Gasteiger partial charge in [-0.05, 0) is 36.3 Å². The van der Waals surface area contributed by atoms with Crippen molar-refractivity contribution in [1.82, 2.24) is 15.1 Å². The zero-order valence-electron chi connectivity index (χ0n) is 12.1. The number of amides is 1. The van der Waals surface area contributed by atoms with Gasteiger partial charge in [0, 0.05) is 30.1 Å². The monoisotopic (exact) mass is 303 g/mol. The van der Waals surface area contributed by atoms with Gasteiger partial charge in [-0.25, -0.2) is 0 Å². The van der Waals surface area contributed by atoms with Gasteiger partial charge in [-0.1, -0.05) is 12.8 Å². The Hall–Kier alpha value is -1.62. The summed E-state index contributed by atoms with van der Waals surface area (Å²) in [6.07, 6.45) is 7.68. The summed E-state index contributed by atoms with van der Waals surface area (Å²) in [5.74, 6) is 0.798. The lowest BCUT2D eigenvalue weighted by Gasteiger charge is -2.09. The van der Waals surface area contributed by atoms with Crippen LogP contribution in [0.25, 0.3) is 11.3 Å².